The van der Waals surface area contributed by atoms with Crippen molar-refractivity contribution in [2.45, 2.75) is 0 Å². The van der Waals surface area contributed by atoms with Crippen molar-refractivity contribution >= 4 is 46.0 Å². The number of esters is 1. The maximum Gasteiger partial charge on any atom is 0.336 e. The van der Waals surface area contributed by atoms with E-state index in [1.54, 1.807) is 48.5 Å². The highest BCUT2D eigenvalue weighted by Gasteiger charge is 2.15. The maximum atomic E-state index is 12.4. The van der Waals surface area contributed by atoms with Crippen LogP contribution in [0.25, 0.3) is 6.08 Å². The van der Waals surface area contributed by atoms with Gasteiger partial charge >= 0.3 is 5.97 Å². The molecule has 0 saturated carbocycles. The van der Waals surface area contributed by atoms with Crippen LogP contribution in [0.15, 0.2) is 74.9 Å². The lowest BCUT2D eigenvalue weighted by Crippen LogP contribution is -2.35. The number of nitrogens with one attached hydrogen (secondary N) is 2. The number of furan rings is 1. The summed E-state index contributed by atoms with van der Waals surface area (Å²) in [4.78, 5) is 36.6. The van der Waals surface area contributed by atoms with Gasteiger partial charge in [0.15, 0.2) is 11.5 Å². The van der Waals surface area contributed by atoms with E-state index in [0.717, 1.165) is 0 Å². The minimum absolute atomic E-state index is 0.234. The van der Waals surface area contributed by atoms with Gasteiger partial charge in [-0.3, -0.25) is 9.59 Å². The average molecular weight is 554 g/mol. The highest BCUT2D eigenvalue weighted by molar-refractivity contribution is 9.10. The van der Waals surface area contributed by atoms with Crippen molar-refractivity contribution < 1.29 is 33.0 Å². The van der Waals surface area contributed by atoms with E-state index in [0.29, 0.717) is 46.1 Å². The predicted molar refractivity (Wildman–Crippen MR) is 133 cm³/mol. The normalized spacial score (nSPS) is 12.5. The third-order valence-corrected chi connectivity index (χ3v) is 5.21. The second kappa shape index (κ2) is 11.8. The zero-order valence-corrected chi connectivity index (χ0v) is 20.3. The third kappa shape index (κ3) is 6.83. The Hall–Kier alpha value is -4.38. The second-order valence-corrected chi connectivity index (χ2v) is 8.20. The number of carbonyl (C=O) groups is 3. The third-order valence-electron chi connectivity index (χ3n) is 4.72. The molecular weight excluding hydrogens is 534 g/mol. The summed E-state index contributed by atoms with van der Waals surface area (Å²) in [6.07, 6.45) is 5.53. The number of halogens is 1. The zero-order chi connectivity index (χ0) is 25.3. The monoisotopic (exact) mass is 553 g/mol. The molecule has 0 spiro atoms. The Morgan fingerprint density at radius 1 is 1.06 bits per heavy atom. The SMILES string of the molecule is O=C(CNC(=O)c1ccc2c(c1)OCCO2)NN=Cc1cc(Br)ccc1OC(=O)C=Cc1ccco1. The Labute approximate surface area is 214 Å². The van der Waals surface area contributed by atoms with Crippen LogP contribution >= 0.6 is 15.9 Å². The molecule has 2 N–H and O–H groups in total. The average Bonchev–Trinajstić information content (AvgIpc) is 3.41. The molecule has 11 heteroatoms. The molecule has 0 radical (unpaired) electrons. The van der Waals surface area contributed by atoms with Gasteiger partial charge in [0.05, 0.1) is 19.0 Å². The number of rotatable bonds is 8. The highest BCUT2D eigenvalue weighted by atomic mass is 79.9. The topological polar surface area (TPSA) is 128 Å². The molecule has 1 aromatic heterocycles. The number of ether oxygens (including phenoxy) is 3. The molecule has 2 aromatic carbocycles. The van der Waals surface area contributed by atoms with Crippen molar-refractivity contribution in [3.8, 4) is 17.2 Å². The summed E-state index contributed by atoms with van der Waals surface area (Å²) in [7, 11) is 0. The summed E-state index contributed by atoms with van der Waals surface area (Å²) >= 11 is 3.35. The lowest BCUT2D eigenvalue weighted by molar-refractivity contribution is -0.129. The van der Waals surface area contributed by atoms with Crippen molar-refractivity contribution in [2.75, 3.05) is 19.8 Å². The molecule has 0 aliphatic carbocycles. The van der Waals surface area contributed by atoms with E-state index >= 15 is 0 Å². The molecule has 184 valence electrons. The van der Waals surface area contributed by atoms with Crippen LogP contribution in [0.2, 0.25) is 0 Å². The van der Waals surface area contributed by atoms with Gasteiger partial charge in [0.25, 0.3) is 11.8 Å². The Kier molecular flexibility index (Phi) is 8.14. The van der Waals surface area contributed by atoms with Crippen molar-refractivity contribution in [2.24, 2.45) is 5.10 Å². The molecule has 0 fully saturated rings. The zero-order valence-electron chi connectivity index (χ0n) is 18.7. The molecular formula is C25H20BrN3O7. The molecule has 36 heavy (non-hydrogen) atoms. The van der Waals surface area contributed by atoms with E-state index in [1.165, 1.54) is 24.6 Å². The first-order chi connectivity index (χ1) is 17.5. The summed E-state index contributed by atoms with van der Waals surface area (Å²) in [5.41, 5.74) is 3.09. The van der Waals surface area contributed by atoms with Gasteiger partial charge in [-0.15, -0.1) is 0 Å². The largest absolute Gasteiger partial charge is 0.486 e. The lowest BCUT2D eigenvalue weighted by atomic mass is 10.2. The van der Waals surface area contributed by atoms with Gasteiger partial charge in [-0.25, -0.2) is 10.2 Å². The molecule has 0 bridgehead atoms. The van der Waals surface area contributed by atoms with Gasteiger partial charge in [0.2, 0.25) is 0 Å². The number of hydrazone groups is 1. The van der Waals surface area contributed by atoms with Crippen molar-refractivity contribution in [3.63, 3.8) is 0 Å². The smallest absolute Gasteiger partial charge is 0.336 e. The van der Waals surface area contributed by atoms with E-state index in [-0.39, 0.29) is 12.3 Å². The molecule has 3 aromatic rings. The van der Waals surface area contributed by atoms with E-state index in [1.807, 2.05) is 0 Å². The van der Waals surface area contributed by atoms with Gasteiger partial charge in [-0.2, -0.15) is 5.10 Å². The standard InChI is InChI=1S/C25H20BrN3O7/c26-18-4-7-20(36-24(31)8-5-19-2-1-9-33-19)17(12-18)14-28-29-23(30)15-27-25(32)16-3-6-21-22(13-16)35-11-10-34-21/h1-9,12-14H,10-11,15H2,(H,27,32)(H,29,30). The Bertz CT molecular complexity index is 1320. The van der Waals surface area contributed by atoms with Gasteiger partial charge in [-0.1, -0.05) is 15.9 Å². The van der Waals surface area contributed by atoms with Gasteiger partial charge in [-0.05, 0) is 54.6 Å². The summed E-state index contributed by atoms with van der Waals surface area (Å²) in [5, 5.41) is 6.40. The summed E-state index contributed by atoms with van der Waals surface area (Å²) in [6.45, 7) is 0.549. The van der Waals surface area contributed by atoms with Crippen LogP contribution in [0.5, 0.6) is 17.2 Å². The summed E-state index contributed by atoms with van der Waals surface area (Å²) in [5.74, 6) is 0.169. The fourth-order valence-corrected chi connectivity index (χ4v) is 3.43. The number of amides is 2. The number of benzene rings is 2. The van der Waals surface area contributed by atoms with Gasteiger partial charge in [0.1, 0.15) is 24.7 Å². The van der Waals surface area contributed by atoms with Crippen LogP contribution < -0.4 is 25.0 Å². The summed E-state index contributed by atoms with van der Waals surface area (Å²) in [6, 6.07) is 13.1. The molecule has 1 aliphatic rings. The predicted octanol–water partition coefficient (Wildman–Crippen LogP) is 3.31. The van der Waals surface area contributed by atoms with Crippen molar-refractivity contribution in [1.82, 2.24) is 10.7 Å². The maximum absolute atomic E-state index is 12.4. The van der Waals surface area contributed by atoms with Crippen LogP contribution in [0.3, 0.4) is 0 Å². The molecule has 2 amide bonds. The fraction of sp³-hybridized carbons (Fsp3) is 0.120. The van der Waals surface area contributed by atoms with E-state index < -0.39 is 17.8 Å². The van der Waals surface area contributed by atoms with Gasteiger partial charge < -0.3 is 23.9 Å². The molecule has 0 saturated heterocycles. The first kappa shape index (κ1) is 24.7. The second-order valence-electron chi connectivity index (χ2n) is 7.29. The molecule has 0 atom stereocenters. The summed E-state index contributed by atoms with van der Waals surface area (Å²) < 4.78 is 22.1. The lowest BCUT2D eigenvalue weighted by Gasteiger charge is -2.18. The first-order valence-corrected chi connectivity index (χ1v) is 11.5. The molecule has 1 aliphatic heterocycles. The minimum atomic E-state index is -0.616. The van der Waals surface area contributed by atoms with Crippen LogP contribution in [0.1, 0.15) is 21.7 Å². The number of hydrogen-bond acceptors (Lipinski definition) is 8. The molecule has 4 rings (SSSR count). The quantitative estimate of drug-likeness (QED) is 0.144. The Balaban J connectivity index is 1.30. The van der Waals surface area contributed by atoms with Gasteiger partial charge in [0, 0.05) is 21.7 Å². The van der Waals surface area contributed by atoms with E-state index in [2.05, 4.69) is 31.8 Å². The minimum Gasteiger partial charge on any atom is -0.486 e. The number of nitrogens with zero attached hydrogens (tertiary/aromatic N) is 1. The van der Waals surface area contributed by atoms with Crippen LogP contribution in [0, 0.1) is 0 Å². The van der Waals surface area contributed by atoms with Crippen LogP contribution in [-0.4, -0.2) is 43.8 Å². The fourth-order valence-electron chi connectivity index (χ4n) is 3.05. The molecule has 2 heterocycles. The number of hydrogen-bond donors (Lipinski definition) is 2. The Morgan fingerprint density at radius 2 is 1.89 bits per heavy atom. The molecule has 10 nitrogen and oxygen atoms in total. The molecule has 0 unspecified atom stereocenters. The van der Waals surface area contributed by atoms with Crippen molar-refractivity contribution in [3.05, 3.63) is 82.2 Å². The Morgan fingerprint density at radius 3 is 2.69 bits per heavy atom. The van der Waals surface area contributed by atoms with E-state index in [9.17, 15) is 14.4 Å². The number of fused-ring (bicyclic) bond motifs is 1. The number of carbonyl (C=O) groups excluding carboxylic acids is 3. The highest BCUT2D eigenvalue weighted by Crippen LogP contribution is 2.30. The first-order valence-electron chi connectivity index (χ1n) is 10.7. The van der Waals surface area contributed by atoms with Crippen LogP contribution in [-0.2, 0) is 9.59 Å². The van der Waals surface area contributed by atoms with Crippen LogP contribution in [0.4, 0.5) is 0 Å². The van der Waals surface area contributed by atoms with Crippen molar-refractivity contribution in [1.29, 1.82) is 0 Å². The van der Waals surface area contributed by atoms with E-state index in [4.69, 9.17) is 18.6 Å².